The lowest BCUT2D eigenvalue weighted by molar-refractivity contribution is -0.137. The van der Waals surface area contributed by atoms with Crippen LogP contribution in [-0.4, -0.2) is 30.3 Å². The minimum Gasteiger partial charge on any atom is -0.369 e. The summed E-state index contributed by atoms with van der Waals surface area (Å²) in [5.41, 5.74) is 6.23. The summed E-state index contributed by atoms with van der Waals surface area (Å²) in [6, 6.07) is 18.2. The Balaban J connectivity index is 1.87. The molecular formula is C23H20ClF3N4O2S. The van der Waals surface area contributed by atoms with Gasteiger partial charge < -0.3 is 5.73 Å². The molecule has 4 rings (SSSR count). The number of nitrogens with two attached hydrogens (primary N) is 1. The highest BCUT2D eigenvalue weighted by Crippen LogP contribution is 2.46. The molecule has 34 heavy (non-hydrogen) atoms. The van der Waals surface area contributed by atoms with E-state index in [1.54, 1.807) is 24.3 Å². The maximum absolute atomic E-state index is 13.8. The first-order valence-electron chi connectivity index (χ1n) is 10.1. The molecule has 1 heterocycles. The van der Waals surface area contributed by atoms with Gasteiger partial charge >= 0.3 is 6.18 Å². The van der Waals surface area contributed by atoms with Crippen LogP contribution < -0.4 is 5.73 Å². The summed E-state index contributed by atoms with van der Waals surface area (Å²) in [6.07, 6.45) is -4.61. The number of alkyl halides is 3. The van der Waals surface area contributed by atoms with Crippen LogP contribution in [0.3, 0.4) is 0 Å². The Morgan fingerprint density at radius 1 is 0.941 bits per heavy atom. The number of rotatable bonds is 4. The van der Waals surface area contributed by atoms with Crippen molar-refractivity contribution in [1.82, 2.24) is 9.42 Å². The highest BCUT2D eigenvalue weighted by molar-refractivity contribution is 7.89. The average molecular weight is 509 g/mol. The summed E-state index contributed by atoms with van der Waals surface area (Å²) in [5.74, 6) is -0.927. The molecule has 3 aromatic rings. The van der Waals surface area contributed by atoms with Gasteiger partial charge in [-0.2, -0.15) is 13.2 Å². The highest BCUT2D eigenvalue weighted by Gasteiger charge is 2.49. The fourth-order valence-electron chi connectivity index (χ4n) is 4.09. The van der Waals surface area contributed by atoms with E-state index in [4.69, 9.17) is 22.7 Å². The van der Waals surface area contributed by atoms with Gasteiger partial charge in [0.2, 0.25) is 5.96 Å². The third-order valence-electron chi connectivity index (χ3n) is 5.67. The summed E-state index contributed by atoms with van der Waals surface area (Å²) in [4.78, 5) is -0.348. The standard InChI is InChI=1S/C23H20ClF3N4O2S/c24-18-10-6-16(7-11-18)21-20(15-4-2-1-3-5-15)14-30(22(28)29)31(21)34(32,33)19-12-8-17(9-13-19)23(25,26)27/h1-13,20-21H,14H2,(H3,28,29). The van der Waals surface area contributed by atoms with Crippen molar-refractivity contribution in [2.24, 2.45) is 5.73 Å². The molecule has 0 aliphatic carbocycles. The SMILES string of the molecule is N=C(N)N1CC(c2ccccc2)C(c2ccc(Cl)cc2)N1S(=O)(=O)c1ccc(C(F)(F)F)cc1. The van der Waals surface area contributed by atoms with Crippen molar-refractivity contribution in [3.63, 3.8) is 0 Å². The van der Waals surface area contributed by atoms with Crippen LogP contribution in [0.15, 0.2) is 83.8 Å². The third kappa shape index (κ3) is 4.48. The van der Waals surface area contributed by atoms with Gasteiger partial charge in [0.15, 0.2) is 0 Å². The minimum absolute atomic E-state index is 0.0759. The Kier molecular flexibility index (Phi) is 6.32. The van der Waals surface area contributed by atoms with Crippen LogP contribution in [0.1, 0.15) is 28.7 Å². The molecule has 2 unspecified atom stereocenters. The van der Waals surface area contributed by atoms with Crippen molar-refractivity contribution in [2.75, 3.05) is 6.54 Å². The predicted molar refractivity (Wildman–Crippen MR) is 122 cm³/mol. The number of guanidine groups is 1. The summed E-state index contributed by atoms with van der Waals surface area (Å²) < 4.78 is 67.6. The van der Waals surface area contributed by atoms with Crippen molar-refractivity contribution >= 4 is 27.6 Å². The molecule has 0 aromatic heterocycles. The smallest absolute Gasteiger partial charge is 0.369 e. The van der Waals surface area contributed by atoms with Crippen molar-refractivity contribution in [3.05, 3.63) is 101 Å². The number of hydrogen-bond donors (Lipinski definition) is 2. The average Bonchev–Trinajstić information content (AvgIpc) is 3.22. The molecule has 0 radical (unpaired) electrons. The van der Waals surface area contributed by atoms with Crippen molar-refractivity contribution in [1.29, 1.82) is 5.41 Å². The first-order valence-corrected chi connectivity index (χ1v) is 12.0. The van der Waals surface area contributed by atoms with Crippen LogP contribution in [0, 0.1) is 5.41 Å². The number of halogens is 4. The van der Waals surface area contributed by atoms with E-state index in [-0.39, 0.29) is 11.4 Å². The van der Waals surface area contributed by atoms with E-state index in [1.807, 2.05) is 30.3 Å². The van der Waals surface area contributed by atoms with Gasteiger partial charge in [-0.25, -0.2) is 8.42 Å². The van der Waals surface area contributed by atoms with Gasteiger partial charge in [0.25, 0.3) is 10.0 Å². The Morgan fingerprint density at radius 3 is 2.06 bits per heavy atom. The lowest BCUT2D eigenvalue weighted by Gasteiger charge is -2.32. The summed E-state index contributed by atoms with van der Waals surface area (Å²) in [5, 5.41) is 9.63. The molecule has 1 fully saturated rings. The second kappa shape index (κ2) is 8.94. The number of sulfonamides is 1. The zero-order valence-corrected chi connectivity index (χ0v) is 19.1. The molecule has 0 saturated carbocycles. The topological polar surface area (TPSA) is 90.5 Å². The van der Waals surface area contributed by atoms with Crippen LogP contribution in [0.25, 0.3) is 0 Å². The number of nitrogens with one attached hydrogen (secondary N) is 1. The monoisotopic (exact) mass is 508 g/mol. The molecular weight excluding hydrogens is 489 g/mol. The summed E-state index contributed by atoms with van der Waals surface area (Å²) in [6.45, 7) is 0.0759. The predicted octanol–water partition coefficient (Wildman–Crippen LogP) is 5.00. The molecule has 3 N–H and O–H groups in total. The lowest BCUT2D eigenvalue weighted by atomic mass is 9.89. The first-order chi connectivity index (χ1) is 16.0. The second-order valence-electron chi connectivity index (χ2n) is 7.78. The van der Waals surface area contributed by atoms with E-state index in [0.29, 0.717) is 22.7 Å². The third-order valence-corrected chi connectivity index (χ3v) is 7.71. The largest absolute Gasteiger partial charge is 0.416 e. The molecule has 6 nitrogen and oxygen atoms in total. The van der Waals surface area contributed by atoms with Crippen LogP contribution >= 0.6 is 11.6 Å². The van der Waals surface area contributed by atoms with Crippen molar-refractivity contribution < 1.29 is 21.6 Å². The Hall–Kier alpha value is -3.08. The fourth-order valence-corrected chi connectivity index (χ4v) is 5.89. The molecule has 0 bridgehead atoms. The maximum atomic E-state index is 13.8. The first kappa shape index (κ1) is 24.1. The van der Waals surface area contributed by atoms with E-state index >= 15 is 0 Å². The van der Waals surface area contributed by atoms with E-state index < -0.39 is 39.7 Å². The van der Waals surface area contributed by atoms with Gasteiger partial charge in [-0.05, 0) is 47.5 Å². The van der Waals surface area contributed by atoms with Crippen LogP contribution in [0.2, 0.25) is 5.02 Å². The van der Waals surface area contributed by atoms with Gasteiger partial charge in [-0.15, -0.1) is 0 Å². The maximum Gasteiger partial charge on any atom is 0.416 e. The van der Waals surface area contributed by atoms with Crippen LogP contribution in [0.4, 0.5) is 13.2 Å². The van der Waals surface area contributed by atoms with Gasteiger partial charge in [0.05, 0.1) is 16.5 Å². The molecule has 3 aromatic carbocycles. The highest BCUT2D eigenvalue weighted by atomic mass is 35.5. The molecule has 0 spiro atoms. The number of nitrogens with zero attached hydrogens (tertiary/aromatic N) is 2. The molecule has 178 valence electrons. The fraction of sp³-hybridized carbons (Fsp3) is 0.174. The van der Waals surface area contributed by atoms with E-state index in [2.05, 4.69) is 0 Å². The van der Waals surface area contributed by atoms with E-state index in [9.17, 15) is 21.6 Å². The molecule has 11 heteroatoms. The molecule has 1 saturated heterocycles. The zero-order valence-electron chi connectivity index (χ0n) is 17.6. The zero-order chi connectivity index (χ0) is 24.7. The number of hydrazine groups is 1. The number of hydrogen-bond acceptors (Lipinski definition) is 3. The molecule has 1 aliphatic heterocycles. The van der Waals surface area contributed by atoms with Crippen LogP contribution in [0.5, 0.6) is 0 Å². The van der Waals surface area contributed by atoms with Gasteiger partial charge in [-0.3, -0.25) is 10.4 Å². The summed E-state index contributed by atoms with van der Waals surface area (Å²) in [7, 11) is -4.41. The second-order valence-corrected chi connectivity index (χ2v) is 10.0. The Bertz CT molecular complexity index is 1280. The van der Waals surface area contributed by atoms with E-state index in [0.717, 1.165) is 27.1 Å². The normalized spacial score (nSPS) is 19.4. The number of benzene rings is 3. The van der Waals surface area contributed by atoms with Gasteiger partial charge in [0, 0.05) is 17.5 Å². The van der Waals surface area contributed by atoms with Crippen molar-refractivity contribution in [2.45, 2.75) is 23.0 Å². The van der Waals surface area contributed by atoms with Crippen molar-refractivity contribution in [3.8, 4) is 0 Å². The summed E-state index contributed by atoms with van der Waals surface area (Å²) >= 11 is 6.04. The minimum atomic E-state index is -4.61. The Labute approximate surface area is 199 Å². The molecule has 1 aliphatic rings. The molecule has 0 amide bonds. The Morgan fingerprint density at radius 2 is 1.53 bits per heavy atom. The van der Waals surface area contributed by atoms with Gasteiger partial charge in [0.1, 0.15) is 0 Å². The van der Waals surface area contributed by atoms with Gasteiger partial charge in [-0.1, -0.05) is 58.5 Å². The van der Waals surface area contributed by atoms with Crippen LogP contribution in [-0.2, 0) is 16.2 Å². The van der Waals surface area contributed by atoms with E-state index in [1.165, 1.54) is 0 Å². The molecule has 2 atom stereocenters. The lowest BCUT2D eigenvalue weighted by Crippen LogP contribution is -2.48. The quantitative estimate of drug-likeness (QED) is 0.383.